The number of hydrogen-bond acceptors (Lipinski definition) is 3. The van der Waals surface area contributed by atoms with Crippen LogP contribution in [0.3, 0.4) is 0 Å². The van der Waals surface area contributed by atoms with Crippen molar-refractivity contribution < 1.29 is 9.59 Å². The number of carbonyl (C=O) groups excluding carboxylic acids is 2. The molecule has 2 amide bonds. The number of nitrogens with one attached hydrogen (secondary N) is 2. The molecular weight excluding hydrogens is 368 g/mol. The largest absolute Gasteiger partial charge is 0.349 e. The van der Waals surface area contributed by atoms with Gasteiger partial charge < -0.3 is 10.6 Å². The van der Waals surface area contributed by atoms with Crippen LogP contribution >= 0.6 is 0 Å². The molecule has 0 unspecified atom stereocenters. The third kappa shape index (κ3) is 4.08. The second kappa shape index (κ2) is 7.95. The molecule has 1 fully saturated rings. The number of nitrogens with zero attached hydrogens (tertiary/aromatic N) is 2. The highest BCUT2D eigenvalue weighted by Gasteiger charge is 2.24. The minimum atomic E-state index is -0.314. The molecule has 3 aromatic rings. The van der Waals surface area contributed by atoms with Gasteiger partial charge in [-0.15, -0.1) is 0 Å². The average molecular weight is 392 g/mol. The molecule has 0 radical (unpaired) electrons. The standard InChI is InChI=1S/C22H24N4O3/c1-2-12-25-18-8-3-4-9-19(18)26(22(25)29)14-20(27)23-17-7-5-6-15(13-17)21(28)24-16-10-11-16/h3-9,13,16H,2,10-12,14H2,1H3,(H,23,27)(H,24,28). The van der Waals surface area contributed by atoms with Gasteiger partial charge in [0.15, 0.2) is 0 Å². The van der Waals surface area contributed by atoms with Gasteiger partial charge in [-0.05, 0) is 49.6 Å². The molecule has 1 aromatic heterocycles. The number of rotatable bonds is 7. The molecule has 1 aliphatic rings. The third-order valence-electron chi connectivity index (χ3n) is 5.00. The van der Waals surface area contributed by atoms with E-state index in [9.17, 15) is 14.4 Å². The van der Waals surface area contributed by atoms with Crippen molar-refractivity contribution in [2.24, 2.45) is 0 Å². The molecule has 0 atom stereocenters. The van der Waals surface area contributed by atoms with Gasteiger partial charge in [-0.1, -0.05) is 25.1 Å². The fourth-order valence-electron chi connectivity index (χ4n) is 3.44. The Kier molecular flexibility index (Phi) is 5.20. The van der Waals surface area contributed by atoms with E-state index in [2.05, 4.69) is 10.6 Å². The van der Waals surface area contributed by atoms with E-state index in [0.717, 1.165) is 30.3 Å². The Morgan fingerprint density at radius 2 is 1.76 bits per heavy atom. The average Bonchev–Trinajstić information content (AvgIpc) is 3.50. The molecule has 7 nitrogen and oxygen atoms in total. The molecule has 0 spiro atoms. The summed E-state index contributed by atoms with van der Waals surface area (Å²) in [7, 11) is 0. The molecule has 1 saturated carbocycles. The lowest BCUT2D eigenvalue weighted by molar-refractivity contribution is -0.116. The highest BCUT2D eigenvalue weighted by Crippen LogP contribution is 2.20. The molecule has 150 valence electrons. The second-order valence-corrected chi connectivity index (χ2v) is 7.39. The summed E-state index contributed by atoms with van der Waals surface area (Å²) in [6.07, 6.45) is 2.86. The predicted molar refractivity (Wildman–Crippen MR) is 112 cm³/mol. The maximum absolute atomic E-state index is 12.8. The minimum absolute atomic E-state index is 0.0887. The van der Waals surface area contributed by atoms with E-state index in [1.807, 2.05) is 31.2 Å². The topological polar surface area (TPSA) is 85.1 Å². The fourth-order valence-corrected chi connectivity index (χ4v) is 3.44. The van der Waals surface area contributed by atoms with E-state index in [1.54, 1.807) is 28.8 Å². The normalized spacial score (nSPS) is 13.4. The molecule has 29 heavy (non-hydrogen) atoms. The number of fused-ring (bicyclic) bond motifs is 1. The van der Waals surface area contributed by atoms with Gasteiger partial charge in [-0.25, -0.2) is 4.79 Å². The SMILES string of the molecule is CCCn1c(=O)n(CC(=O)Nc2cccc(C(=O)NC3CC3)c2)c2ccccc21. The maximum Gasteiger partial charge on any atom is 0.329 e. The van der Waals surface area contributed by atoms with E-state index in [1.165, 1.54) is 4.57 Å². The Hall–Kier alpha value is -3.35. The van der Waals surface area contributed by atoms with Gasteiger partial charge in [0.2, 0.25) is 5.91 Å². The molecule has 2 N–H and O–H groups in total. The van der Waals surface area contributed by atoms with E-state index < -0.39 is 0 Å². The summed E-state index contributed by atoms with van der Waals surface area (Å²) in [4.78, 5) is 37.7. The summed E-state index contributed by atoms with van der Waals surface area (Å²) in [6.45, 7) is 2.53. The van der Waals surface area contributed by atoms with Crippen LogP contribution in [0.2, 0.25) is 0 Å². The van der Waals surface area contributed by atoms with Crippen molar-refractivity contribution in [3.05, 3.63) is 64.6 Å². The first-order valence-electron chi connectivity index (χ1n) is 9.95. The highest BCUT2D eigenvalue weighted by molar-refractivity contribution is 5.97. The number of amides is 2. The lowest BCUT2D eigenvalue weighted by atomic mass is 10.2. The summed E-state index contributed by atoms with van der Waals surface area (Å²) in [5, 5.41) is 5.73. The van der Waals surface area contributed by atoms with Crippen molar-refractivity contribution in [2.45, 2.75) is 45.3 Å². The van der Waals surface area contributed by atoms with Crippen molar-refractivity contribution in [2.75, 3.05) is 5.32 Å². The Labute approximate surface area is 168 Å². The lowest BCUT2D eigenvalue weighted by Crippen LogP contribution is -2.29. The Balaban J connectivity index is 1.52. The fraction of sp³-hybridized carbons (Fsp3) is 0.318. The van der Waals surface area contributed by atoms with Crippen LogP contribution in [0.5, 0.6) is 0 Å². The zero-order valence-electron chi connectivity index (χ0n) is 16.4. The summed E-state index contributed by atoms with van der Waals surface area (Å²) in [6, 6.07) is 14.6. The highest BCUT2D eigenvalue weighted by atomic mass is 16.2. The molecule has 0 aliphatic heterocycles. The molecule has 4 rings (SSSR count). The van der Waals surface area contributed by atoms with E-state index in [-0.39, 0.29) is 30.1 Å². The first-order chi connectivity index (χ1) is 14.1. The molecule has 2 aromatic carbocycles. The van der Waals surface area contributed by atoms with Gasteiger partial charge >= 0.3 is 5.69 Å². The van der Waals surface area contributed by atoms with Crippen LogP contribution in [0.1, 0.15) is 36.5 Å². The monoisotopic (exact) mass is 392 g/mol. The zero-order valence-corrected chi connectivity index (χ0v) is 16.4. The number of hydrogen-bond donors (Lipinski definition) is 2. The van der Waals surface area contributed by atoms with Crippen LogP contribution in [-0.2, 0) is 17.9 Å². The van der Waals surface area contributed by atoms with E-state index >= 15 is 0 Å². The number of imidazole rings is 1. The van der Waals surface area contributed by atoms with Gasteiger partial charge in [-0.2, -0.15) is 0 Å². The second-order valence-electron chi connectivity index (χ2n) is 7.39. The number of anilines is 1. The van der Waals surface area contributed by atoms with Gasteiger partial charge in [0.05, 0.1) is 11.0 Å². The Morgan fingerprint density at radius 1 is 1.03 bits per heavy atom. The number of benzene rings is 2. The van der Waals surface area contributed by atoms with Crippen LogP contribution in [0.4, 0.5) is 5.69 Å². The summed E-state index contributed by atoms with van der Waals surface area (Å²) < 4.78 is 3.19. The minimum Gasteiger partial charge on any atom is -0.349 e. The van der Waals surface area contributed by atoms with Crippen molar-refractivity contribution in [3.8, 4) is 0 Å². The first kappa shape index (κ1) is 19.0. The van der Waals surface area contributed by atoms with Crippen LogP contribution in [0.15, 0.2) is 53.3 Å². The third-order valence-corrected chi connectivity index (χ3v) is 5.00. The molecule has 1 aliphatic carbocycles. The maximum atomic E-state index is 12.8. The Bertz CT molecular complexity index is 1120. The lowest BCUT2D eigenvalue weighted by Gasteiger charge is -2.08. The van der Waals surface area contributed by atoms with Crippen molar-refractivity contribution >= 4 is 28.5 Å². The molecule has 1 heterocycles. The van der Waals surface area contributed by atoms with Crippen LogP contribution < -0.4 is 16.3 Å². The van der Waals surface area contributed by atoms with Gasteiger partial charge in [0, 0.05) is 23.8 Å². The van der Waals surface area contributed by atoms with Gasteiger partial charge in [0.25, 0.3) is 5.91 Å². The summed E-state index contributed by atoms with van der Waals surface area (Å²) in [5.74, 6) is -0.450. The van der Waals surface area contributed by atoms with Crippen molar-refractivity contribution in [3.63, 3.8) is 0 Å². The molecule has 7 heteroatoms. The number of carbonyl (C=O) groups is 2. The zero-order chi connectivity index (χ0) is 20.4. The van der Waals surface area contributed by atoms with E-state index in [0.29, 0.717) is 17.8 Å². The van der Waals surface area contributed by atoms with Crippen LogP contribution in [0.25, 0.3) is 11.0 Å². The quantitative estimate of drug-likeness (QED) is 0.648. The van der Waals surface area contributed by atoms with Crippen LogP contribution in [-0.4, -0.2) is 27.0 Å². The van der Waals surface area contributed by atoms with Crippen molar-refractivity contribution in [1.29, 1.82) is 0 Å². The first-order valence-corrected chi connectivity index (χ1v) is 9.95. The van der Waals surface area contributed by atoms with Crippen molar-refractivity contribution in [1.82, 2.24) is 14.5 Å². The van der Waals surface area contributed by atoms with E-state index in [4.69, 9.17) is 0 Å². The smallest absolute Gasteiger partial charge is 0.329 e. The van der Waals surface area contributed by atoms with Gasteiger partial charge in [0.1, 0.15) is 6.54 Å². The van der Waals surface area contributed by atoms with Gasteiger partial charge in [-0.3, -0.25) is 18.7 Å². The number of aromatic nitrogens is 2. The molecular formula is C22H24N4O3. The molecule has 0 saturated heterocycles. The number of para-hydroxylation sites is 2. The molecule has 0 bridgehead atoms. The predicted octanol–water partition coefficient (Wildman–Crippen LogP) is 2.74. The summed E-state index contributed by atoms with van der Waals surface area (Å²) >= 11 is 0. The summed E-state index contributed by atoms with van der Waals surface area (Å²) in [5.41, 5.74) is 2.40. The Morgan fingerprint density at radius 3 is 2.45 bits per heavy atom. The number of aryl methyl sites for hydroxylation is 1. The van der Waals surface area contributed by atoms with Crippen LogP contribution in [0, 0.1) is 0 Å².